The lowest BCUT2D eigenvalue weighted by Crippen LogP contribution is -2.33. The van der Waals surface area contributed by atoms with Crippen LogP contribution in [0.25, 0.3) is 22.8 Å². The Kier molecular flexibility index (Phi) is 7.30. The van der Waals surface area contributed by atoms with Crippen LogP contribution in [-0.4, -0.2) is 45.4 Å². The van der Waals surface area contributed by atoms with Gasteiger partial charge in [-0.2, -0.15) is 10.2 Å². The number of fused-ring (bicyclic) bond motifs is 1. The maximum Gasteiger partial charge on any atom is 0.407 e. The third-order valence-corrected chi connectivity index (χ3v) is 6.42. The minimum absolute atomic E-state index is 0.0446. The molecule has 1 unspecified atom stereocenters. The molecule has 4 rings (SSSR count). The van der Waals surface area contributed by atoms with E-state index in [1.165, 1.54) is 10.5 Å². The van der Waals surface area contributed by atoms with Gasteiger partial charge in [0.2, 0.25) is 5.82 Å². The van der Waals surface area contributed by atoms with Gasteiger partial charge in [0, 0.05) is 30.1 Å². The molecule has 0 fully saturated rings. The van der Waals surface area contributed by atoms with Crippen molar-refractivity contribution in [2.45, 2.75) is 59.5 Å². The first-order valence-electron chi connectivity index (χ1n) is 12.3. The molecule has 188 valence electrons. The minimum Gasteiger partial charge on any atom is -0.490 e. The molecule has 2 heterocycles. The van der Waals surface area contributed by atoms with Gasteiger partial charge in [-0.15, -0.1) is 0 Å². The molecular weight excluding hydrogens is 456 g/mol. The average molecular weight is 489 g/mol. The van der Waals surface area contributed by atoms with Crippen molar-refractivity contribution in [2.75, 3.05) is 13.1 Å². The second kappa shape index (κ2) is 10.4. The summed E-state index contributed by atoms with van der Waals surface area (Å²) in [4.78, 5) is 17.9. The topological polar surface area (TPSA) is 112 Å². The first kappa shape index (κ1) is 25.2. The van der Waals surface area contributed by atoms with Gasteiger partial charge >= 0.3 is 6.09 Å². The number of benzene rings is 2. The highest BCUT2D eigenvalue weighted by molar-refractivity contribution is 5.68. The van der Waals surface area contributed by atoms with Crippen LogP contribution >= 0.6 is 0 Å². The second-order valence-electron chi connectivity index (χ2n) is 10.1. The number of amides is 1. The Morgan fingerprint density at radius 1 is 1.28 bits per heavy atom. The molecule has 0 spiro atoms. The van der Waals surface area contributed by atoms with Crippen molar-refractivity contribution in [3.63, 3.8) is 0 Å². The molecule has 3 aromatic rings. The number of nitrogens with zero attached hydrogens (tertiary/aromatic N) is 4. The second-order valence-corrected chi connectivity index (χ2v) is 10.1. The highest BCUT2D eigenvalue weighted by atomic mass is 16.5. The predicted molar refractivity (Wildman–Crippen MR) is 136 cm³/mol. The van der Waals surface area contributed by atoms with E-state index in [4.69, 9.17) is 9.26 Å². The van der Waals surface area contributed by atoms with Crippen molar-refractivity contribution in [2.24, 2.45) is 5.92 Å². The molecule has 36 heavy (non-hydrogen) atoms. The number of carbonyl (C=O) groups is 1. The van der Waals surface area contributed by atoms with Crippen molar-refractivity contribution < 1.29 is 19.2 Å². The molecule has 1 N–H and O–H groups in total. The Morgan fingerprint density at radius 3 is 2.72 bits per heavy atom. The van der Waals surface area contributed by atoms with Crippen LogP contribution in [0.15, 0.2) is 34.9 Å². The minimum atomic E-state index is -0.877. The van der Waals surface area contributed by atoms with E-state index in [0.29, 0.717) is 54.0 Å². The molecule has 2 aromatic carbocycles. The molecule has 8 nitrogen and oxygen atoms in total. The first-order chi connectivity index (χ1) is 17.2. The molecule has 1 aliphatic heterocycles. The number of aromatic nitrogens is 2. The van der Waals surface area contributed by atoms with E-state index in [0.717, 1.165) is 23.1 Å². The van der Waals surface area contributed by atoms with Gasteiger partial charge in [-0.25, -0.2) is 4.79 Å². The molecule has 0 radical (unpaired) electrons. The van der Waals surface area contributed by atoms with Gasteiger partial charge in [0.25, 0.3) is 5.89 Å². The van der Waals surface area contributed by atoms with Gasteiger partial charge in [-0.3, -0.25) is 0 Å². The van der Waals surface area contributed by atoms with Crippen LogP contribution < -0.4 is 4.74 Å². The Bertz CT molecular complexity index is 1310. The van der Waals surface area contributed by atoms with E-state index in [9.17, 15) is 15.2 Å². The summed E-state index contributed by atoms with van der Waals surface area (Å²) >= 11 is 0. The summed E-state index contributed by atoms with van der Waals surface area (Å²) in [7, 11) is 0. The average Bonchev–Trinajstić information content (AvgIpc) is 3.24. The van der Waals surface area contributed by atoms with E-state index in [2.05, 4.69) is 42.2 Å². The van der Waals surface area contributed by atoms with Crippen molar-refractivity contribution in [3.8, 4) is 34.7 Å². The van der Waals surface area contributed by atoms with E-state index >= 15 is 0 Å². The largest absolute Gasteiger partial charge is 0.490 e. The normalized spacial score (nSPS) is 15.5. The quantitative estimate of drug-likeness (QED) is 0.450. The Balaban J connectivity index is 1.68. The molecule has 1 atom stereocenters. The first-order valence-corrected chi connectivity index (χ1v) is 12.3. The number of rotatable bonds is 6. The fourth-order valence-corrected chi connectivity index (χ4v) is 4.83. The van der Waals surface area contributed by atoms with Gasteiger partial charge in [0.05, 0.1) is 11.7 Å². The standard InChI is InChI=1S/C28H32N4O4/c1-16(2)10-22-15-32(28(33)34)9-8-19-13-23(18(5)11-24(19)22)26-30-27(36-31-26)20-6-7-25(35-17(3)4)21(12-20)14-29/h6-7,11-13,16-17,22H,8-10,15H2,1-5H3,(H,33,34). The Hall–Kier alpha value is -3.86. The van der Waals surface area contributed by atoms with Crippen LogP contribution in [0, 0.1) is 24.2 Å². The lowest BCUT2D eigenvalue weighted by Gasteiger charge is -2.24. The van der Waals surface area contributed by atoms with Crippen LogP contribution in [0.1, 0.15) is 62.3 Å². The van der Waals surface area contributed by atoms with Gasteiger partial charge in [-0.05, 0) is 80.5 Å². The Morgan fingerprint density at radius 2 is 2.06 bits per heavy atom. The molecule has 1 amide bonds. The summed E-state index contributed by atoms with van der Waals surface area (Å²) in [5.74, 6) is 1.90. The summed E-state index contributed by atoms with van der Waals surface area (Å²) in [6.07, 6.45) is 0.631. The molecular formula is C28H32N4O4. The summed E-state index contributed by atoms with van der Waals surface area (Å²) < 4.78 is 11.3. The molecule has 8 heteroatoms. The zero-order valence-corrected chi connectivity index (χ0v) is 21.4. The Labute approximate surface area is 211 Å². The monoisotopic (exact) mass is 488 g/mol. The lowest BCUT2D eigenvalue weighted by molar-refractivity contribution is 0.142. The predicted octanol–water partition coefficient (Wildman–Crippen LogP) is 6.04. The van der Waals surface area contributed by atoms with Gasteiger partial charge in [0.1, 0.15) is 11.8 Å². The van der Waals surface area contributed by atoms with Gasteiger partial charge in [-0.1, -0.05) is 25.1 Å². The SMILES string of the molecule is Cc1cc2c(cc1-c1noc(-c3ccc(OC(C)C)c(C#N)c3)n1)CCN(C(=O)O)CC2CC(C)C. The van der Waals surface area contributed by atoms with Crippen molar-refractivity contribution in [3.05, 3.63) is 52.6 Å². The summed E-state index contributed by atoms with van der Waals surface area (Å²) in [6.45, 7) is 11.1. The van der Waals surface area contributed by atoms with E-state index in [-0.39, 0.29) is 12.0 Å². The molecule has 0 saturated heterocycles. The molecule has 0 bridgehead atoms. The van der Waals surface area contributed by atoms with Gasteiger partial charge < -0.3 is 19.3 Å². The number of ether oxygens (including phenoxy) is 1. The van der Waals surface area contributed by atoms with Crippen molar-refractivity contribution >= 4 is 6.09 Å². The number of hydrogen-bond donors (Lipinski definition) is 1. The van der Waals surface area contributed by atoms with E-state index in [1.54, 1.807) is 18.2 Å². The summed E-state index contributed by atoms with van der Waals surface area (Å²) in [5, 5.41) is 23.4. The molecule has 0 aliphatic carbocycles. The number of nitriles is 1. The number of hydrogen-bond acceptors (Lipinski definition) is 6. The number of aryl methyl sites for hydroxylation is 1. The zero-order chi connectivity index (χ0) is 26.0. The fourth-order valence-electron chi connectivity index (χ4n) is 4.83. The van der Waals surface area contributed by atoms with Crippen molar-refractivity contribution in [1.29, 1.82) is 5.26 Å². The molecule has 1 aliphatic rings. The van der Waals surface area contributed by atoms with E-state index in [1.807, 2.05) is 20.8 Å². The molecule has 1 aromatic heterocycles. The van der Waals surface area contributed by atoms with E-state index < -0.39 is 6.09 Å². The maximum atomic E-state index is 11.8. The van der Waals surface area contributed by atoms with Crippen molar-refractivity contribution in [1.82, 2.24) is 15.0 Å². The van der Waals surface area contributed by atoms with Crippen LogP contribution in [0.3, 0.4) is 0 Å². The van der Waals surface area contributed by atoms with Crippen LogP contribution in [0.2, 0.25) is 0 Å². The molecule has 0 saturated carbocycles. The van der Waals surface area contributed by atoms with Crippen LogP contribution in [0.5, 0.6) is 5.75 Å². The van der Waals surface area contributed by atoms with Crippen LogP contribution in [0.4, 0.5) is 4.79 Å². The smallest absolute Gasteiger partial charge is 0.407 e. The van der Waals surface area contributed by atoms with Crippen LogP contribution in [-0.2, 0) is 6.42 Å². The third-order valence-electron chi connectivity index (χ3n) is 6.42. The maximum absolute atomic E-state index is 11.8. The highest BCUT2D eigenvalue weighted by Crippen LogP contribution is 2.36. The summed E-state index contributed by atoms with van der Waals surface area (Å²) in [6, 6.07) is 11.6. The fraction of sp³-hybridized carbons (Fsp3) is 0.429. The number of carboxylic acid groups (broad SMARTS) is 1. The lowest BCUT2D eigenvalue weighted by atomic mass is 9.85. The third kappa shape index (κ3) is 5.35. The van der Waals surface area contributed by atoms with Gasteiger partial charge in [0.15, 0.2) is 0 Å². The summed E-state index contributed by atoms with van der Waals surface area (Å²) in [5.41, 5.74) is 5.24. The zero-order valence-electron chi connectivity index (χ0n) is 21.4. The highest BCUT2D eigenvalue weighted by Gasteiger charge is 2.28.